The van der Waals surface area contributed by atoms with E-state index < -0.39 is 6.17 Å². The van der Waals surface area contributed by atoms with Crippen molar-refractivity contribution in [1.82, 2.24) is 0 Å². The number of alkyl halides is 1. The second-order valence-corrected chi connectivity index (χ2v) is 4.09. The molecule has 0 spiro atoms. The molecule has 1 aliphatic rings. The lowest BCUT2D eigenvalue weighted by atomic mass is 10.1. The van der Waals surface area contributed by atoms with Crippen molar-refractivity contribution in [2.75, 3.05) is 12.9 Å². The van der Waals surface area contributed by atoms with Crippen molar-refractivity contribution in [3.05, 3.63) is 23.8 Å². The number of ether oxygens (including phenoxy) is 1. The molecule has 3 heteroatoms. The van der Waals surface area contributed by atoms with Crippen LogP contribution in [0.15, 0.2) is 23.1 Å². The van der Waals surface area contributed by atoms with Crippen LogP contribution in [0.25, 0.3) is 0 Å². The first-order chi connectivity index (χ1) is 6.33. The summed E-state index contributed by atoms with van der Waals surface area (Å²) in [5, 5.41) is 0. The monoisotopic (exact) mass is 198 g/mol. The highest BCUT2D eigenvalue weighted by atomic mass is 32.2. The predicted molar refractivity (Wildman–Crippen MR) is 52.2 cm³/mol. The number of hydrogen-bond acceptors (Lipinski definition) is 2. The SMILES string of the molecule is COc1cccc2c1SCCC2F. The molecule has 13 heavy (non-hydrogen) atoms. The number of rotatable bonds is 1. The zero-order valence-electron chi connectivity index (χ0n) is 7.42. The fourth-order valence-corrected chi connectivity index (χ4v) is 2.70. The molecule has 0 N–H and O–H groups in total. The van der Waals surface area contributed by atoms with Gasteiger partial charge in [0.2, 0.25) is 0 Å². The largest absolute Gasteiger partial charge is 0.496 e. The van der Waals surface area contributed by atoms with E-state index in [0.717, 1.165) is 22.0 Å². The van der Waals surface area contributed by atoms with Crippen molar-refractivity contribution < 1.29 is 9.13 Å². The minimum absolute atomic E-state index is 0.616. The highest BCUT2D eigenvalue weighted by Crippen LogP contribution is 2.43. The zero-order valence-corrected chi connectivity index (χ0v) is 8.23. The Balaban J connectivity index is 2.48. The average Bonchev–Trinajstić information content (AvgIpc) is 2.18. The van der Waals surface area contributed by atoms with Crippen LogP contribution in [0.1, 0.15) is 18.2 Å². The molecule has 0 amide bonds. The first-order valence-corrected chi connectivity index (χ1v) is 5.25. The molecule has 70 valence electrons. The Morgan fingerprint density at radius 2 is 2.38 bits per heavy atom. The number of hydrogen-bond donors (Lipinski definition) is 0. The van der Waals surface area contributed by atoms with Crippen LogP contribution in [0.4, 0.5) is 4.39 Å². The Hall–Kier alpha value is -0.700. The molecule has 0 aliphatic carbocycles. The lowest BCUT2D eigenvalue weighted by Crippen LogP contribution is -2.03. The zero-order chi connectivity index (χ0) is 9.26. The summed E-state index contributed by atoms with van der Waals surface area (Å²) in [5.41, 5.74) is 0.788. The summed E-state index contributed by atoms with van der Waals surface area (Å²) in [5.74, 6) is 1.64. The fourth-order valence-electron chi connectivity index (χ4n) is 1.51. The molecule has 1 aromatic rings. The van der Waals surface area contributed by atoms with E-state index in [0.29, 0.717) is 6.42 Å². The Morgan fingerprint density at radius 1 is 1.54 bits per heavy atom. The second kappa shape index (κ2) is 3.58. The number of benzene rings is 1. The third kappa shape index (κ3) is 1.53. The Labute approximate surface area is 81.3 Å². The van der Waals surface area contributed by atoms with Crippen molar-refractivity contribution in [3.8, 4) is 5.75 Å². The molecule has 1 nitrogen and oxygen atoms in total. The van der Waals surface area contributed by atoms with Gasteiger partial charge in [0.15, 0.2) is 0 Å². The number of thioether (sulfide) groups is 1. The molecule has 0 bridgehead atoms. The molecule has 0 radical (unpaired) electrons. The lowest BCUT2D eigenvalue weighted by molar-refractivity contribution is 0.323. The van der Waals surface area contributed by atoms with E-state index in [4.69, 9.17) is 4.74 Å². The molecular formula is C10H11FOS. The minimum Gasteiger partial charge on any atom is -0.496 e. The maximum absolute atomic E-state index is 13.4. The molecule has 0 aromatic heterocycles. The molecule has 1 atom stereocenters. The molecule has 2 rings (SSSR count). The number of methoxy groups -OCH3 is 1. The smallest absolute Gasteiger partial charge is 0.132 e. The topological polar surface area (TPSA) is 9.23 Å². The van der Waals surface area contributed by atoms with Gasteiger partial charge in [-0.25, -0.2) is 4.39 Å². The van der Waals surface area contributed by atoms with E-state index in [2.05, 4.69) is 0 Å². The first kappa shape index (κ1) is 8.88. The number of fused-ring (bicyclic) bond motifs is 1. The van der Waals surface area contributed by atoms with Gasteiger partial charge in [-0.3, -0.25) is 0 Å². The molecule has 1 heterocycles. The van der Waals surface area contributed by atoms with Gasteiger partial charge in [0, 0.05) is 11.3 Å². The number of halogens is 1. The summed E-state index contributed by atoms with van der Waals surface area (Å²) >= 11 is 1.68. The second-order valence-electron chi connectivity index (χ2n) is 2.98. The van der Waals surface area contributed by atoms with Gasteiger partial charge < -0.3 is 4.74 Å². The van der Waals surface area contributed by atoms with Gasteiger partial charge in [-0.05, 0) is 12.5 Å². The van der Waals surface area contributed by atoms with Gasteiger partial charge in [-0.2, -0.15) is 0 Å². The lowest BCUT2D eigenvalue weighted by Gasteiger charge is -2.20. The third-order valence-corrected chi connectivity index (χ3v) is 3.35. The molecular weight excluding hydrogens is 187 g/mol. The van der Waals surface area contributed by atoms with E-state index >= 15 is 0 Å². The van der Waals surface area contributed by atoms with Gasteiger partial charge in [-0.1, -0.05) is 12.1 Å². The van der Waals surface area contributed by atoms with Crippen molar-refractivity contribution in [2.24, 2.45) is 0 Å². The first-order valence-electron chi connectivity index (χ1n) is 4.26. The molecule has 0 saturated carbocycles. The average molecular weight is 198 g/mol. The van der Waals surface area contributed by atoms with Crippen LogP contribution < -0.4 is 4.74 Å². The molecule has 1 unspecified atom stereocenters. The van der Waals surface area contributed by atoms with Crippen molar-refractivity contribution >= 4 is 11.8 Å². The summed E-state index contributed by atoms with van der Waals surface area (Å²) in [6.45, 7) is 0. The Kier molecular flexibility index (Phi) is 2.44. The maximum atomic E-state index is 13.4. The molecule has 0 saturated heterocycles. The Bertz CT molecular complexity index is 314. The van der Waals surface area contributed by atoms with Gasteiger partial charge in [0.25, 0.3) is 0 Å². The van der Waals surface area contributed by atoms with E-state index in [9.17, 15) is 4.39 Å². The third-order valence-electron chi connectivity index (χ3n) is 2.18. The van der Waals surface area contributed by atoms with E-state index in [-0.39, 0.29) is 0 Å². The normalized spacial score (nSPS) is 20.9. The minimum atomic E-state index is -0.814. The predicted octanol–water partition coefficient (Wildman–Crippen LogP) is 3.20. The Morgan fingerprint density at radius 3 is 3.15 bits per heavy atom. The molecule has 1 aliphatic heterocycles. The summed E-state index contributed by atoms with van der Waals surface area (Å²) in [6.07, 6.45) is -0.198. The van der Waals surface area contributed by atoms with E-state index in [1.807, 2.05) is 18.2 Å². The van der Waals surface area contributed by atoms with Crippen molar-refractivity contribution in [2.45, 2.75) is 17.5 Å². The van der Waals surface area contributed by atoms with E-state index in [1.165, 1.54) is 0 Å². The van der Waals surface area contributed by atoms with Gasteiger partial charge in [0.1, 0.15) is 11.9 Å². The van der Waals surface area contributed by atoms with Crippen LogP contribution >= 0.6 is 11.8 Å². The summed E-state index contributed by atoms with van der Waals surface area (Å²) in [6, 6.07) is 5.56. The molecule has 1 aromatic carbocycles. The van der Waals surface area contributed by atoms with Crippen molar-refractivity contribution in [1.29, 1.82) is 0 Å². The van der Waals surface area contributed by atoms with Gasteiger partial charge >= 0.3 is 0 Å². The summed E-state index contributed by atoms with van der Waals surface area (Å²) in [7, 11) is 1.62. The van der Waals surface area contributed by atoms with Crippen LogP contribution in [0.3, 0.4) is 0 Å². The van der Waals surface area contributed by atoms with Crippen LogP contribution in [-0.4, -0.2) is 12.9 Å². The van der Waals surface area contributed by atoms with Crippen LogP contribution in [-0.2, 0) is 0 Å². The quantitative estimate of drug-likeness (QED) is 0.685. The van der Waals surface area contributed by atoms with Crippen molar-refractivity contribution in [3.63, 3.8) is 0 Å². The highest BCUT2D eigenvalue weighted by molar-refractivity contribution is 7.99. The fraction of sp³-hybridized carbons (Fsp3) is 0.400. The highest BCUT2D eigenvalue weighted by Gasteiger charge is 2.22. The van der Waals surface area contributed by atoms with Crippen LogP contribution in [0.5, 0.6) is 5.75 Å². The molecule has 0 fully saturated rings. The van der Waals surface area contributed by atoms with Crippen LogP contribution in [0, 0.1) is 0 Å². The standard InChI is InChI=1S/C10H11FOS/c1-12-9-4-2-3-7-8(11)5-6-13-10(7)9/h2-4,8H,5-6H2,1H3. The van der Waals surface area contributed by atoms with E-state index in [1.54, 1.807) is 18.9 Å². The van der Waals surface area contributed by atoms with Crippen LogP contribution in [0.2, 0.25) is 0 Å². The van der Waals surface area contributed by atoms with Gasteiger partial charge in [-0.15, -0.1) is 11.8 Å². The summed E-state index contributed by atoms with van der Waals surface area (Å²) < 4.78 is 18.6. The summed E-state index contributed by atoms with van der Waals surface area (Å²) in [4.78, 5) is 0.976. The maximum Gasteiger partial charge on any atom is 0.132 e. The van der Waals surface area contributed by atoms with Gasteiger partial charge in [0.05, 0.1) is 12.0 Å².